The van der Waals surface area contributed by atoms with E-state index in [9.17, 15) is 0 Å². The van der Waals surface area contributed by atoms with Crippen LogP contribution in [-0.4, -0.2) is 0 Å². The molecule has 0 saturated heterocycles. The van der Waals surface area contributed by atoms with Gasteiger partial charge in [-0.2, -0.15) is 0 Å². The van der Waals surface area contributed by atoms with Crippen molar-refractivity contribution in [1.29, 1.82) is 0 Å². The Hall–Kier alpha value is -1.26. The maximum absolute atomic E-state index is 2.68. The molecule has 112 valence electrons. The number of aryl methyl sites for hydroxylation is 2. The number of halogens is 1. The Morgan fingerprint density at radius 3 is 1.32 bits per heavy atom. The first-order valence-electron chi connectivity index (χ1n) is 7.32. The van der Waals surface area contributed by atoms with Gasteiger partial charge in [0, 0.05) is 14.7 Å². The molecule has 22 heavy (non-hydrogen) atoms. The van der Waals surface area contributed by atoms with E-state index in [1.807, 2.05) is 0 Å². The van der Waals surface area contributed by atoms with Crippen molar-refractivity contribution in [3.63, 3.8) is 0 Å². The smallest absolute Gasteiger partial charge is 0.00704 e. The van der Waals surface area contributed by atoms with Gasteiger partial charge in [0.2, 0.25) is 0 Å². The standard InChI is InChI=1S/C20H19IS/c1-16-8-12-19(13-9-16)22(21,18-6-4-3-5-7-18)20-14-10-17(2)11-15-20/h3-15H,1-2H3. The molecule has 0 aromatic heterocycles. The summed E-state index contributed by atoms with van der Waals surface area (Å²) in [6.45, 7) is 4.28. The lowest BCUT2D eigenvalue weighted by Crippen LogP contribution is -1.96. The first-order chi connectivity index (χ1) is 10.6. The summed E-state index contributed by atoms with van der Waals surface area (Å²) in [5.74, 6) is 0. The summed E-state index contributed by atoms with van der Waals surface area (Å²) in [6, 6.07) is 28.9. The lowest BCUT2D eigenvalue weighted by molar-refractivity contribution is 1.29. The van der Waals surface area contributed by atoms with E-state index in [1.165, 1.54) is 25.8 Å². The second-order valence-electron chi connectivity index (χ2n) is 5.48. The van der Waals surface area contributed by atoms with Gasteiger partial charge in [0.15, 0.2) is 0 Å². The summed E-state index contributed by atoms with van der Waals surface area (Å²) in [5.41, 5.74) is 2.61. The zero-order valence-electron chi connectivity index (χ0n) is 12.8. The molecular formula is C20H19IS. The third-order valence-electron chi connectivity index (χ3n) is 3.76. The summed E-state index contributed by atoms with van der Waals surface area (Å²) in [4.78, 5) is 4.19. The highest BCUT2D eigenvalue weighted by Gasteiger charge is 2.27. The summed E-state index contributed by atoms with van der Waals surface area (Å²) in [5, 5.41) is 0. The number of benzene rings is 3. The molecule has 0 aliphatic heterocycles. The Balaban J connectivity index is 2.22. The molecule has 0 radical (unpaired) electrons. The van der Waals surface area contributed by atoms with Gasteiger partial charge in [-0.1, -0.05) is 53.6 Å². The number of hydrogen-bond acceptors (Lipinski definition) is 0. The zero-order valence-corrected chi connectivity index (χ0v) is 15.8. The van der Waals surface area contributed by atoms with E-state index in [0.29, 0.717) is 0 Å². The summed E-state index contributed by atoms with van der Waals surface area (Å²) in [7, 11) is -1.24. The third-order valence-corrected chi connectivity index (χ3v) is 11.1. The van der Waals surface area contributed by atoms with E-state index in [2.05, 4.69) is 114 Å². The molecule has 0 spiro atoms. The van der Waals surface area contributed by atoms with Gasteiger partial charge >= 0.3 is 0 Å². The molecular weight excluding hydrogens is 399 g/mol. The second kappa shape index (κ2) is 6.47. The fraction of sp³-hybridized carbons (Fsp3) is 0.100. The predicted molar refractivity (Wildman–Crippen MR) is 105 cm³/mol. The Morgan fingerprint density at radius 1 is 0.545 bits per heavy atom. The van der Waals surface area contributed by atoms with Crippen LogP contribution < -0.4 is 0 Å². The van der Waals surface area contributed by atoms with Crippen LogP contribution in [0.1, 0.15) is 11.1 Å². The minimum absolute atomic E-state index is 1.24. The summed E-state index contributed by atoms with van der Waals surface area (Å²) in [6.07, 6.45) is 0. The van der Waals surface area contributed by atoms with Gasteiger partial charge in [-0.05, 0) is 71.5 Å². The first kappa shape index (κ1) is 15.6. The first-order valence-corrected chi connectivity index (χ1v) is 11.5. The quantitative estimate of drug-likeness (QED) is 0.405. The van der Waals surface area contributed by atoms with Crippen molar-refractivity contribution < 1.29 is 0 Å². The van der Waals surface area contributed by atoms with Crippen molar-refractivity contribution >= 4 is 28.4 Å². The molecule has 0 fully saturated rings. The van der Waals surface area contributed by atoms with Gasteiger partial charge < -0.3 is 0 Å². The van der Waals surface area contributed by atoms with Crippen molar-refractivity contribution in [2.75, 3.05) is 0 Å². The molecule has 3 aromatic carbocycles. The monoisotopic (exact) mass is 418 g/mol. The van der Waals surface area contributed by atoms with Crippen LogP contribution >= 0.6 is 28.4 Å². The molecule has 0 bridgehead atoms. The molecule has 0 unspecified atom stereocenters. The van der Waals surface area contributed by atoms with E-state index in [0.717, 1.165) is 0 Å². The molecule has 3 rings (SSSR count). The molecule has 0 atom stereocenters. The Labute approximate surface area is 146 Å². The minimum Gasteiger partial charge on any atom is -0.105 e. The highest BCUT2D eigenvalue weighted by atomic mass is 127. The van der Waals surface area contributed by atoms with Gasteiger partial charge in [-0.15, -0.1) is 7.20 Å². The average Bonchev–Trinajstić information content (AvgIpc) is 2.56. The molecule has 0 aliphatic rings. The van der Waals surface area contributed by atoms with Crippen LogP contribution in [0.2, 0.25) is 0 Å². The lowest BCUT2D eigenvalue weighted by Gasteiger charge is -2.35. The topological polar surface area (TPSA) is 0 Å². The van der Waals surface area contributed by atoms with Gasteiger partial charge in [-0.3, -0.25) is 0 Å². The van der Waals surface area contributed by atoms with Crippen LogP contribution in [-0.2, 0) is 0 Å². The molecule has 0 aliphatic carbocycles. The van der Waals surface area contributed by atoms with Crippen LogP contribution in [0.4, 0.5) is 0 Å². The highest BCUT2D eigenvalue weighted by molar-refractivity contribution is 14.2. The predicted octanol–water partition coefficient (Wildman–Crippen LogP) is 6.94. The largest absolute Gasteiger partial charge is 0.105 e. The van der Waals surface area contributed by atoms with Crippen molar-refractivity contribution in [2.45, 2.75) is 28.5 Å². The molecule has 0 heterocycles. The van der Waals surface area contributed by atoms with Crippen LogP contribution in [0.3, 0.4) is 0 Å². The fourth-order valence-corrected chi connectivity index (χ4v) is 7.48. The van der Waals surface area contributed by atoms with Crippen molar-refractivity contribution in [3.8, 4) is 0 Å². The van der Waals surface area contributed by atoms with Crippen LogP contribution in [0.15, 0.2) is 93.5 Å². The zero-order chi connectivity index (χ0) is 15.6. The van der Waals surface area contributed by atoms with Gasteiger partial charge in [0.25, 0.3) is 0 Å². The Kier molecular flexibility index (Phi) is 4.59. The Morgan fingerprint density at radius 2 is 0.909 bits per heavy atom. The molecule has 0 saturated carbocycles. The number of hydrogen-bond donors (Lipinski definition) is 0. The van der Waals surface area contributed by atoms with Gasteiger partial charge in [-0.25, -0.2) is 0 Å². The van der Waals surface area contributed by atoms with E-state index in [1.54, 1.807) is 0 Å². The van der Waals surface area contributed by atoms with E-state index >= 15 is 0 Å². The van der Waals surface area contributed by atoms with Crippen molar-refractivity contribution in [1.82, 2.24) is 0 Å². The molecule has 2 heteroatoms. The van der Waals surface area contributed by atoms with E-state index in [-0.39, 0.29) is 0 Å². The van der Waals surface area contributed by atoms with Crippen LogP contribution in [0, 0.1) is 13.8 Å². The van der Waals surface area contributed by atoms with Crippen molar-refractivity contribution in [2.24, 2.45) is 0 Å². The summed E-state index contributed by atoms with van der Waals surface area (Å²) >= 11 is 2.68. The molecule has 0 N–H and O–H groups in total. The maximum Gasteiger partial charge on any atom is 0.00704 e. The normalized spacial score (nSPS) is 12.1. The SMILES string of the molecule is Cc1ccc(S(I)(c2ccccc2)c2ccc(C)cc2)cc1. The Bertz CT molecular complexity index is 700. The lowest BCUT2D eigenvalue weighted by atomic mass is 10.2. The molecule has 0 amide bonds. The van der Waals surface area contributed by atoms with E-state index < -0.39 is 7.20 Å². The van der Waals surface area contributed by atoms with E-state index in [4.69, 9.17) is 0 Å². The molecule has 3 aromatic rings. The maximum atomic E-state index is 2.68. The third kappa shape index (κ3) is 2.95. The van der Waals surface area contributed by atoms with Gasteiger partial charge in [0.05, 0.1) is 0 Å². The van der Waals surface area contributed by atoms with Crippen LogP contribution in [0.5, 0.6) is 0 Å². The highest BCUT2D eigenvalue weighted by Crippen LogP contribution is 2.74. The van der Waals surface area contributed by atoms with Gasteiger partial charge in [0.1, 0.15) is 0 Å². The van der Waals surface area contributed by atoms with Crippen molar-refractivity contribution in [3.05, 3.63) is 90.0 Å². The number of rotatable bonds is 3. The summed E-state index contributed by atoms with van der Waals surface area (Å²) < 4.78 is 0. The fourth-order valence-electron chi connectivity index (χ4n) is 2.47. The van der Waals surface area contributed by atoms with Crippen LogP contribution in [0.25, 0.3) is 0 Å². The second-order valence-corrected chi connectivity index (χ2v) is 11.9. The molecule has 0 nitrogen and oxygen atoms in total. The average molecular weight is 418 g/mol. The minimum atomic E-state index is -1.24.